The number of Topliss-reactive ketones (excluding diaryl/α,β-unsaturated/α-hetero) is 1. The minimum absolute atomic E-state index is 0.0409. The Morgan fingerprint density at radius 3 is 2.65 bits per heavy atom. The van der Waals surface area contributed by atoms with Crippen molar-refractivity contribution in [1.29, 1.82) is 0 Å². The summed E-state index contributed by atoms with van der Waals surface area (Å²) in [5.41, 5.74) is 1.02. The Morgan fingerprint density at radius 1 is 1.15 bits per heavy atom. The Hall–Kier alpha value is -2.43. The SMILES string of the molecule is CC(=O)c1ccccc1C(=O)N1CCCC(c2nccn2CC2CC2)C1. The van der Waals surface area contributed by atoms with E-state index in [1.807, 2.05) is 17.2 Å². The van der Waals surface area contributed by atoms with Gasteiger partial charge in [-0.1, -0.05) is 18.2 Å². The summed E-state index contributed by atoms with van der Waals surface area (Å²) in [6.07, 6.45) is 8.60. The number of imidazole rings is 1. The molecule has 0 spiro atoms. The Kier molecular flexibility index (Phi) is 4.62. The van der Waals surface area contributed by atoms with Gasteiger partial charge < -0.3 is 9.47 Å². The standard InChI is InChI=1S/C21H25N3O2/c1-15(25)18-6-2-3-7-19(18)21(26)24-11-4-5-17(14-24)20-22-10-12-23(20)13-16-8-9-16/h2-3,6-7,10,12,16-17H,4-5,8-9,11,13-14H2,1H3. The summed E-state index contributed by atoms with van der Waals surface area (Å²) in [6, 6.07) is 7.13. The zero-order valence-electron chi connectivity index (χ0n) is 15.2. The highest BCUT2D eigenvalue weighted by Crippen LogP contribution is 2.33. The molecule has 2 fully saturated rings. The fraction of sp³-hybridized carbons (Fsp3) is 0.476. The molecule has 26 heavy (non-hydrogen) atoms. The molecule has 2 aliphatic rings. The first kappa shape index (κ1) is 17.0. The summed E-state index contributed by atoms with van der Waals surface area (Å²) in [4.78, 5) is 31.4. The van der Waals surface area contributed by atoms with Crippen LogP contribution in [0, 0.1) is 5.92 Å². The highest BCUT2D eigenvalue weighted by molar-refractivity contribution is 6.07. The van der Waals surface area contributed by atoms with Crippen molar-refractivity contribution in [2.75, 3.05) is 13.1 Å². The van der Waals surface area contributed by atoms with Crippen LogP contribution in [0.3, 0.4) is 0 Å². The number of likely N-dealkylation sites (tertiary alicyclic amines) is 1. The summed E-state index contributed by atoms with van der Waals surface area (Å²) in [6.45, 7) is 3.98. The maximum Gasteiger partial charge on any atom is 0.254 e. The van der Waals surface area contributed by atoms with Crippen molar-refractivity contribution in [3.8, 4) is 0 Å². The van der Waals surface area contributed by atoms with E-state index in [0.717, 1.165) is 37.7 Å². The Bertz CT molecular complexity index is 822. The quantitative estimate of drug-likeness (QED) is 0.775. The molecule has 0 bridgehead atoms. The molecule has 1 saturated heterocycles. The largest absolute Gasteiger partial charge is 0.338 e. The van der Waals surface area contributed by atoms with E-state index in [9.17, 15) is 9.59 Å². The lowest BCUT2D eigenvalue weighted by atomic mass is 9.95. The third kappa shape index (κ3) is 3.43. The lowest BCUT2D eigenvalue weighted by Gasteiger charge is -2.33. The van der Waals surface area contributed by atoms with E-state index >= 15 is 0 Å². The Labute approximate surface area is 154 Å². The van der Waals surface area contributed by atoms with Gasteiger partial charge in [0, 0.05) is 43.5 Å². The number of rotatable bonds is 5. The molecule has 5 heteroatoms. The van der Waals surface area contributed by atoms with Gasteiger partial charge in [0.05, 0.1) is 5.56 Å². The molecule has 0 N–H and O–H groups in total. The third-order valence-electron chi connectivity index (χ3n) is 5.51. The average Bonchev–Trinajstić information content (AvgIpc) is 3.36. The van der Waals surface area contributed by atoms with E-state index in [1.54, 1.807) is 18.2 Å². The number of aromatic nitrogens is 2. The molecule has 2 heterocycles. The monoisotopic (exact) mass is 351 g/mol. The molecule has 1 atom stereocenters. The van der Waals surface area contributed by atoms with Gasteiger partial charge in [0.15, 0.2) is 5.78 Å². The summed E-state index contributed by atoms with van der Waals surface area (Å²) in [5.74, 6) is 2.06. The fourth-order valence-electron chi connectivity index (χ4n) is 3.93. The van der Waals surface area contributed by atoms with Crippen LogP contribution in [-0.4, -0.2) is 39.2 Å². The highest BCUT2D eigenvalue weighted by atomic mass is 16.2. The molecule has 5 nitrogen and oxygen atoms in total. The second-order valence-corrected chi connectivity index (χ2v) is 7.57. The van der Waals surface area contributed by atoms with E-state index in [2.05, 4.69) is 15.7 Å². The molecule has 1 aromatic carbocycles. The summed E-state index contributed by atoms with van der Waals surface area (Å²) in [7, 11) is 0. The van der Waals surface area contributed by atoms with Crippen LogP contribution in [0.1, 0.15) is 65.1 Å². The Morgan fingerprint density at radius 2 is 1.92 bits per heavy atom. The normalized spacial score (nSPS) is 20.2. The number of nitrogens with zero attached hydrogens (tertiary/aromatic N) is 3. The van der Waals surface area contributed by atoms with Crippen molar-refractivity contribution in [2.24, 2.45) is 5.92 Å². The average molecular weight is 351 g/mol. The summed E-state index contributed by atoms with van der Waals surface area (Å²) < 4.78 is 2.28. The topological polar surface area (TPSA) is 55.2 Å². The molecule has 4 rings (SSSR count). The van der Waals surface area contributed by atoms with Crippen molar-refractivity contribution >= 4 is 11.7 Å². The molecule has 1 aliphatic carbocycles. The number of ketones is 1. The van der Waals surface area contributed by atoms with Crippen LogP contribution in [0.5, 0.6) is 0 Å². The fourth-order valence-corrected chi connectivity index (χ4v) is 3.93. The minimum Gasteiger partial charge on any atom is -0.338 e. The number of carbonyl (C=O) groups is 2. The first-order valence-corrected chi connectivity index (χ1v) is 9.53. The van der Waals surface area contributed by atoms with Gasteiger partial charge >= 0.3 is 0 Å². The molecular weight excluding hydrogens is 326 g/mol. The van der Waals surface area contributed by atoms with Crippen LogP contribution in [0.4, 0.5) is 0 Å². The predicted molar refractivity (Wildman–Crippen MR) is 99.3 cm³/mol. The van der Waals surface area contributed by atoms with Crippen molar-refractivity contribution in [3.63, 3.8) is 0 Å². The lowest BCUT2D eigenvalue weighted by Crippen LogP contribution is -2.40. The molecule has 1 saturated carbocycles. The highest BCUT2D eigenvalue weighted by Gasteiger charge is 2.30. The maximum absolute atomic E-state index is 13.1. The van der Waals surface area contributed by atoms with Crippen LogP contribution >= 0.6 is 0 Å². The smallest absolute Gasteiger partial charge is 0.254 e. The first-order valence-electron chi connectivity index (χ1n) is 9.53. The molecule has 1 aromatic heterocycles. The van der Waals surface area contributed by atoms with Gasteiger partial charge in [-0.2, -0.15) is 0 Å². The van der Waals surface area contributed by atoms with Crippen LogP contribution in [0.25, 0.3) is 0 Å². The van der Waals surface area contributed by atoms with Crippen molar-refractivity contribution in [3.05, 3.63) is 53.6 Å². The van der Waals surface area contributed by atoms with E-state index in [-0.39, 0.29) is 17.6 Å². The van der Waals surface area contributed by atoms with Gasteiger partial charge in [0.1, 0.15) is 5.82 Å². The minimum atomic E-state index is -0.0671. The second-order valence-electron chi connectivity index (χ2n) is 7.57. The van der Waals surface area contributed by atoms with Gasteiger partial charge in [0.25, 0.3) is 5.91 Å². The van der Waals surface area contributed by atoms with Crippen LogP contribution in [-0.2, 0) is 6.54 Å². The van der Waals surface area contributed by atoms with Crippen LogP contribution in [0.15, 0.2) is 36.7 Å². The number of hydrogen-bond donors (Lipinski definition) is 0. The zero-order chi connectivity index (χ0) is 18.1. The van der Waals surface area contributed by atoms with Crippen molar-refractivity contribution < 1.29 is 9.59 Å². The van der Waals surface area contributed by atoms with Gasteiger partial charge in [0.2, 0.25) is 0 Å². The molecular formula is C21H25N3O2. The number of benzene rings is 1. The van der Waals surface area contributed by atoms with E-state index in [1.165, 1.54) is 19.8 Å². The third-order valence-corrected chi connectivity index (χ3v) is 5.51. The molecule has 1 amide bonds. The van der Waals surface area contributed by atoms with E-state index in [4.69, 9.17) is 0 Å². The molecule has 136 valence electrons. The van der Waals surface area contributed by atoms with Crippen molar-refractivity contribution in [2.45, 2.75) is 45.1 Å². The van der Waals surface area contributed by atoms with Gasteiger partial charge in [-0.25, -0.2) is 4.98 Å². The van der Waals surface area contributed by atoms with Gasteiger partial charge in [-0.05, 0) is 44.6 Å². The van der Waals surface area contributed by atoms with E-state index < -0.39 is 0 Å². The summed E-state index contributed by atoms with van der Waals surface area (Å²) in [5, 5.41) is 0. The van der Waals surface area contributed by atoms with Gasteiger partial charge in [-0.15, -0.1) is 0 Å². The van der Waals surface area contributed by atoms with E-state index in [0.29, 0.717) is 17.7 Å². The number of carbonyl (C=O) groups excluding carboxylic acids is 2. The number of piperidine rings is 1. The van der Waals surface area contributed by atoms with Crippen LogP contribution in [0.2, 0.25) is 0 Å². The summed E-state index contributed by atoms with van der Waals surface area (Å²) >= 11 is 0. The van der Waals surface area contributed by atoms with Gasteiger partial charge in [-0.3, -0.25) is 9.59 Å². The first-order chi connectivity index (χ1) is 12.6. The molecule has 1 unspecified atom stereocenters. The van der Waals surface area contributed by atoms with Crippen molar-refractivity contribution in [1.82, 2.24) is 14.5 Å². The number of amides is 1. The molecule has 2 aromatic rings. The number of hydrogen-bond acceptors (Lipinski definition) is 3. The molecule has 0 radical (unpaired) electrons. The van der Waals surface area contributed by atoms with Crippen LogP contribution < -0.4 is 0 Å². The maximum atomic E-state index is 13.1. The zero-order valence-corrected chi connectivity index (χ0v) is 15.2. The molecule has 1 aliphatic heterocycles. The lowest BCUT2D eigenvalue weighted by molar-refractivity contribution is 0.0699. The predicted octanol–water partition coefficient (Wildman–Crippen LogP) is 3.52. The Balaban J connectivity index is 1.53. The second kappa shape index (κ2) is 7.06.